The molecule has 0 spiro atoms. The number of fused-ring (bicyclic) bond motifs is 1. The predicted octanol–water partition coefficient (Wildman–Crippen LogP) is 3.78. The first kappa shape index (κ1) is 14.4. The smallest absolute Gasteiger partial charge is 0.256 e. The van der Waals surface area contributed by atoms with Crippen LogP contribution < -0.4 is 10.6 Å². The van der Waals surface area contributed by atoms with Crippen molar-refractivity contribution in [2.24, 2.45) is 0 Å². The minimum atomic E-state index is -0.0404. The fourth-order valence-electron chi connectivity index (χ4n) is 3.23. The number of amides is 1. The summed E-state index contributed by atoms with van der Waals surface area (Å²) in [5, 5.41) is 6.18. The number of hydrogen-bond acceptors (Lipinski definition) is 2. The number of H-pyrrole nitrogens is 1. The largest absolute Gasteiger partial charge is 0.386 e. The van der Waals surface area contributed by atoms with Crippen molar-refractivity contribution in [3.63, 3.8) is 0 Å². The number of aryl methyl sites for hydroxylation is 3. The number of aromatic nitrogens is 1. The van der Waals surface area contributed by atoms with Crippen molar-refractivity contribution in [1.29, 1.82) is 0 Å². The minimum absolute atomic E-state index is 0.0404. The molecule has 0 radical (unpaired) electrons. The maximum Gasteiger partial charge on any atom is 0.256 e. The first-order chi connectivity index (χ1) is 10.4. The summed E-state index contributed by atoms with van der Waals surface area (Å²) < 4.78 is 0. The Bertz CT molecular complexity index is 812. The summed E-state index contributed by atoms with van der Waals surface area (Å²) >= 11 is 0. The third-order valence-corrected chi connectivity index (χ3v) is 4.27. The van der Waals surface area contributed by atoms with E-state index < -0.39 is 0 Å². The summed E-state index contributed by atoms with van der Waals surface area (Å²) in [6.07, 6.45) is 1.95. The molecule has 0 aliphatic carbocycles. The van der Waals surface area contributed by atoms with Gasteiger partial charge in [0.1, 0.15) is 0 Å². The van der Waals surface area contributed by atoms with Crippen molar-refractivity contribution < 1.29 is 4.79 Å². The van der Waals surface area contributed by atoms with Crippen LogP contribution in [0, 0.1) is 27.7 Å². The monoisotopic (exact) mass is 295 g/mol. The second kappa shape index (κ2) is 5.05. The fourth-order valence-corrected chi connectivity index (χ4v) is 3.23. The van der Waals surface area contributed by atoms with E-state index in [2.05, 4.69) is 41.6 Å². The van der Waals surface area contributed by atoms with E-state index in [1.165, 1.54) is 0 Å². The van der Waals surface area contributed by atoms with Gasteiger partial charge in [-0.2, -0.15) is 0 Å². The number of rotatable bonds is 2. The molecule has 2 aromatic rings. The molecular formula is C18H21N3O. The molecule has 3 N–H and O–H groups in total. The molecule has 1 aromatic heterocycles. The van der Waals surface area contributed by atoms with Crippen LogP contribution >= 0.6 is 0 Å². The predicted molar refractivity (Wildman–Crippen MR) is 92.2 cm³/mol. The molecule has 0 fully saturated rings. The van der Waals surface area contributed by atoms with Crippen LogP contribution in [0.3, 0.4) is 0 Å². The molecule has 4 heteroatoms. The Labute approximate surface area is 130 Å². The second-order valence-electron chi connectivity index (χ2n) is 5.93. The van der Waals surface area contributed by atoms with Crippen LogP contribution in [0.2, 0.25) is 0 Å². The number of anilines is 2. The van der Waals surface area contributed by atoms with Crippen LogP contribution in [0.15, 0.2) is 12.1 Å². The molecule has 4 nitrogen and oxygen atoms in total. The zero-order valence-electron chi connectivity index (χ0n) is 13.6. The summed E-state index contributed by atoms with van der Waals surface area (Å²) in [7, 11) is 1.91. The minimum Gasteiger partial charge on any atom is -0.386 e. The number of benzene rings is 1. The molecular weight excluding hydrogens is 274 g/mol. The molecule has 2 heterocycles. The molecule has 22 heavy (non-hydrogen) atoms. The third-order valence-electron chi connectivity index (χ3n) is 4.27. The number of carbonyl (C=O) groups is 1. The number of hydrogen-bond donors (Lipinski definition) is 3. The van der Waals surface area contributed by atoms with Gasteiger partial charge >= 0.3 is 0 Å². The lowest BCUT2D eigenvalue weighted by atomic mass is 10.00. The quantitative estimate of drug-likeness (QED) is 0.738. The Hall–Kier alpha value is -2.49. The van der Waals surface area contributed by atoms with Crippen LogP contribution in [0.4, 0.5) is 11.4 Å². The van der Waals surface area contributed by atoms with E-state index in [0.717, 1.165) is 45.0 Å². The van der Waals surface area contributed by atoms with E-state index in [1.807, 2.05) is 27.0 Å². The van der Waals surface area contributed by atoms with E-state index in [1.54, 1.807) is 0 Å². The molecule has 1 aromatic carbocycles. The lowest BCUT2D eigenvalue weighted by Gasteiger charge is -2.05. The van der Waals surface area contributed by atoms with Crippen molar-refractivity contribution in [2.75, 3.05) is 17.7 Å². The summed E-state index contributed by atoms with van der Waals surface area (Å²) in [5.41, 5.74) is 9.15. The van der Waals surface area contributed by atoms with E-state index >= 15 is 0 Å². The fraction of sp³-hybridized carbons (Fsp3) is 0.278. The van der Waals surface area contributed by atoms with Crippen LogP contribution in [0.25, 0.3) is 11.6 Å². The van der Waals surface area contributed by atoms with Gasteiger partial charge < -0.3 is 15.6 Å². The Morgan fingerprint density at radius 1 is 1.14 bits per heavy atom. The Balaban J connectivity index is 2.16. The van der Waals surface area contributed by atoms with Gasteiger partial charge in [-0.1, -0.05) is 11.6 Å². The molecule has 0 saturated heterocycles. The van der Waals surface area contributed by atoms with Gasteiger partial charge in [0.2, 0.25) is 0 Å². The lowest BCUT2D eigenvalue weighted by Crippen LogP contribution is -2.04. The van der Waals surface area contributed by atoms with E-state index in [9.17, 15) is 4.79 Å². The van der Waals surface area contributed by atoms with E-state index in [-0.39, 0.29) is 5.91 Å². The molecule has 1 aliphatic heterocycles. The van der Waals surface area contributed by atoms with Gasteiger partial charge in [0.15, 0.2) is 0 Å². The SMILES string of the molecule is CNc1c(C)[nH]c(/C=C2\C(=O)Nc3c(C)cc(C)cc32)c1C. The maximum absolute atomic E-state index is 12.4. The second-order valence-corrected chi connectivity index (χ2v) is 5.93. The Morgan fingerprint density at radius 3 is 2.50 bits per heavy atom. The highest BCUT2D eigenvalue weighted by Gasteiger charge is 2.26. The van der Waals surface area contributed by atoms with Crippen molar-refractivity contribution >= 4 is 28.9 Å². The summed E-state index contributed by atoms with van der Waals surface area (Å²) in [6.45, 7) is 8.16. The molecule has 0 saturated carbocycles. The lowest BCUT2D eigenvalue weighted by molar-refractivity contribution is -0.110. The Morgan fingerprint density at radius 2 is 1.86 bits per heavy atom. The van der Waals surface area contributed by atoms with Gasteiger partial charge in [-0.15, -0.1) is 0 Å². The van der Waals surface area contributed by atoms with Crippen molar-refractivity contribution in [3.8, 4) is 0 Å². The maximum atomic E-state index is 12.4. The average molecular weight is 295 g/mol. The summed E-state index contributed by atoms with van der Waals surface area (Å²) in [6, 6.07) is 4.15. The number of nitrogens with one attached hydrogen (secondary N) is 3. The molecule has 1 amide bonds. The average Bonchev–Trinajstić information content (AvgIpc) is 2.89. The van der Waals surface area contributed by atoms with Crippen molar-refractivity contribution in [3.05, 3.63) is 45.8 Å². The van der Waals surface area contributed by atoms with Crippen LogP contribution in [-0.4, -0.2) is 17.9 Å². The number of carbonyl (C=O) groups excluding carboxylic acids is 1. The highest BCUT2D eigenvalue weighted by Crippen LogP contribution is 2.37. The van der Waals surface area contributed by atoms with Crippen LogP contribution in [0.1, 0.15) is 33.6 Å². The third kappa shape index (κ3) is 2.11. The zero-order valence-corrected chi connectivity index (χ0v) is 13.6. The highest BCUT2D eigenvalue weighted by molar-refractivity contribution is 6.35. The van der Waals surface area contributed by atoms with Gasteiger partial charge in [-0.05, 0) is 51.0 Å². The molecule has 3 rings (SSSR count). The molecule has 0 atom stereocenters. The standard InChI is InChI=1S/C18H21N3O/c1-9-6-10(2)16-13(7-9)14(18(22)21-16)8-15-11(3)17(19-5)12(4)20-15/h6-8,19-20H,1-5H3,(H,21,22)/b14-8-. The number of aromatic amines is 1. The van der Waals surface area contributed by atoms with Gasteiger partial charge in [-0.25, -0.2) is 0 Å². The van der Waals surface area contributed by atoms with Gasteiger partial charge in [0.05, 0.1) is 16.9 Å². The van der Waals surface area contributed by atoms with Gasteiger partial charge in [-0.3, -0.25) is 4.79 Å². The topological polar surface area (TPSA) is 56.9 Å². The van der Waals surface area contributed by atoms with E-state index in [0.29, 0.717) is 5.57 Å². The molecule has 1 aliphatic rings. The van der Waals surface area contributed by atoms with E-state index in [4.69, 9.17) is 0 Å². The van der Waals surface area contributed by atoms with Gasteiger partial charge in [0.25, 0.3) is 5.91 Å². The summed E-state index contributed by atoms with van der Waals surface area (Å²) in [4.78, 5) is 15.7. The highest BCUT2D eigenvalue weighted by atomic mass is 16.2. The normalized spacial score (nSPS) is 15.1. The molecule has 114 valence electrons. The summed E-state index contributed by atoms with van der Waals surface area (Å²) in [5.74, 6) is -0.0404. The first-order valence-electron chi connectivity index (χ1n) is 7.44. The van der Waals surface area contributed by atoms with Crippen molar-refractivity contribution in [2.45, 2.75) is 27.7 Å². The molecule has 0 bridgehead atoms. The first-order valence-corrected chi connectivity index (χ1v) is 7.44. The van der Waals surface area contributed by atoms with Crippen LogP contribution in [-0.2, 0) is 4.79 Å². The Kier molecular flexibility index (Phi) is 3.32. The van der Waals surface area contributed by atoms with Crippen LogP contribution in [0.5, 0.6) is 0 Å². The van der Waals surface area contributed by atoms with Gasteiger partial charge in [0, 0.05) is 24.0 Å². The van der Waals surface area contributed by atoms with Crippen molar-refractivity contribution in [1.82, 2.24) is 4.98 Å². The zero-order chi connectivity index (χ0) is 16.0. The molecule has 0 unspecified atom stereocenters.